The molecule has 6 heteroatoms. The van der Waals surface area contributed by atoms with Crippen LogP contribution in [0, 0.1) is 0 Å². The average Bonchev–Trinajstić information content (AvgIpc) is 2.55. The summed E-state index contributed by atoms with van der Waals surface area (Å²) in [5.74, 6) is 0. The van der Waals surface area contributed by atoms with Crippen LogP contribution < -0.4 is 5.73 Å². The number of nitrogens with two attached hydrogens (primary N) is 1. The van der Waals surface area contributed by atoms with Gasteiger partial charge in [0.25, 0.3) is 6.43 Å². The number of alkyl halides is 2. The van der Waals surface area contributed by atoms with E-state index in [9.17, 15) is 13.9 Å². The van der Waals surface area contributed by atoms with Crippen LogP contribution >= 0.6 is 0 Å². The molecule has 0 bridgehead atoms. The summed E-state index contributed by atoms with van der Waals surface area (Å²) >= 11 is 0. The van der Waals surface area contributed by atoms with E-state index in [1.165, 1.54) is 4.68 Å². The number of aliphatic hydroxyl groups excluding tert-OH is 1. The molecule has 16 heavy (non-hydrogen) atoms. The van der Waals surface area contributed by atoms with Gasteiger partial charge < -0.3 is 10.8 Å². The Morgan fingerprint density at radius 2 is 2.31 bits per heavy atom. The lowest BCUT2D eigenvalue weighted by Crippen LogP contribution is -2.50. The molecule has 0 atom stereocenters. The third-order valence-corrected chi connectivity index (χ3v) is 3.28. The lowest BCUT2D eigenvalue weighted by atomic mass is 9.63. The summed E-state index contributed by atoms with van der Waals surface area (Å²) in [5.41, 5.74) is 5.41. The molecule has 0 aromatic carbocycles. The molecule has 1 aromatic rings. The summed E-state index contributed by atoms with van der Waals surface area (Å²) in [6.45, 7) is 0.259. The Kier molecular flexibility index (Phi) is 2.71. The summed E-state index contributed by atoms with van der Waals surface area (Å²) in [6.07, 6.45) is -0.573. The van der Waals surface area contributed by atoms with Crippen molar-refractivity contribution in [2.75, 3.05) is 6.54 Å². The molecule has 0 spiro atoms. The minimum Gasteiger partial charge on any atom is -0.393 e. The summed E-state index contributed by atoms with van der Waals surface area (Å²) in [7, 11) is 1.61. The van der Waals surface area contributed by atoms with Crippen molar-refractivity contribution >= 4 is 0 Å². The van der Waals surface area contributed by atoms with E-state index in [1.54, 1.807) is 13.2 Å². The van der Waals surface area contributed by atoms with Gasteiger partial charge in [-0.1, -0.05) is 0 Å². The SMILES string of the molecule is Cn1cc(C2(CN)CC(O)C2)c(C(F)F)n1. The Hall–Kier alpha value is -1.01. The molecule has 1 aliphatic carbocycles. The Bertz CT molecular complexity index is 385. The van der Waals surface area contributed by atoms with Gasteiger partial charge in [0.05, 0.1) is 6.10 Å². The summed E-state index contributed by atoms with van der Waals surface area (Å²) in [6, 6.07) is 0. The van der Waals surface area contributed by atoms with Crippen LogP contribution in [0.1, 0.15) is 30.5 Å². The van der Waals surface area contributed by atoms with Gasteiger partial charge in [-0.2, -0.15) is 5.10 Å². The van der Waals surface area contributed by atoms with Crippen molar-refractivity contribution in [2.45, 2.75) is 30.8 Å². The van der Waals surface area contributed by atoms with Gasteiger partial charge in [0.15, 0.2) is 0 Å². The first kappa shape index (κ1) is 11.5. The molecule has 0 radical (unpaired) electrons. The van der Waals surface area contributed by atoms with Gasteiger partial charge in [0.1, 0.15) is 5.69 Å². The van der Waals surface area contributed by atoms with Crippen molar-refractivity contribution in [2.24, 2.45) is 12.8 Å². The maximum absolute atomic E-state index is 12.8. The lowest BCUT2D eigenvalue weighted by molar-refractivity contribution is 0.0197. The third-order valence-electron chi connectivity index (χ3n) is 3.28. The van der Waals surface area contributed by atoms with E-state index in [2.05, 4.69) is 5.10 Å². The van der Waals surface area contributed by atoms with Crippen molar-refractivity contribution in [1.29, 1.82) is 0 Å². The highest BCUT2D eigenvalue weighted by Crippen LogP contribution is 2.45. The fraction of sp³-hybridized carbons (Fsp3) is 0.700. The molecule has 4 nitrogen and oxygen atoms in total. The van der Waals surface area contributed by atoms with Crippen LogP contribution in [-0.2, 0) is 12.5 Å². The van der Waals surface area contributed by atoms with Crippen LogP contribution in [0.4, 0.5) is 8.78 Å². The predicted molar refractivity (Wildman–Crippen MR) is 54.1 cm³/mol. The van der Waals surface area contributed by atoms with Gasteiger partial charge in [0.2, 0.25) is 0 Å². The van der Waals surface area contributed by atoms with Crippen molar-refractivity contribution in [3.8, 4) is 0 Å². The van der Waals surface area contributed by atoms with Gasteiger partial charge in [0, 0.05) is 30.8 Å². The van der Waals surface area contributed by atoms with Crippen LogP contribution in [0.5, 0.6) is 0 Å². The summed E-state index contributed by atoms with van der Waals surface area (Å²) < 4.78 is 26.9. The van der Waals surface area contributed by atoms with Crippen molar-refractivity contribution in [1.82, 2.24) is 9.78 Å². The van der Waals surface area contributed by atoms with Gasteiger partial charge in [-0.3, -0.25) is 4.68 Å². The molecular weight excluding hydrogens is 216 g/mol. The molecule has 0 unspecified atom stereocenters. The molecule has 0 aliphatic heterocycles. The van der Waals surface area contributed by atoms with E-state index >= 15 is 0 Å². The largest absolute Gasteiger partial charge is 0.393 e. The molecule has 1 saturated carbocycles. The lowest BCUT2D eigenvalue weighted by Gasteiger charge is -2.44. The predicted octanol–water partition coefficient (Wildman–Crippen LogP) is 0.709. The molecule has 1 heterocycles. The average molecular weight is 231 g/mol. The zero-order valence-electron chi connectivity index (χ0n) is 9.03. The summed E-state index contributed by atoms with van der Waals surface area (Å²) in [4.78, 5) is 0. The quantitative estimate of drug-likeness (QED) is 0.805. The first-order chi connectivity index (χ1) is 7.48. The Balaban J connectivity index is 2.38. The minimum atomic E-state index is -2.60. The van der Waals surface area contributed by atoms with Gasteiger partial charge in [-0.25, -0.2) is 8.78 Å². The van der Waals surface area contributed by atoms with Crippen LogP contribution in [0.2, 0.25) is 0 Å². The number of halogens is 2. The fourth-order valence-electron chi connectivity index (χ4n) is 2.41. The van der Waals surface area contributed by atoms with Crippen LogP contribution in [0.3, 0.4) is 0 Å². The van der Waals surface area contributed by atoms with E-state index in [1.807, 2.05) is 0 Å². The molecule has 0 amide bonds. The highest BCUT2D eigenvalue weighted by molar-refractivity contribution is 5.32. The zero-order chi connectivity index (χ0) is 11.9. The molecule has 1 fully saturated rings. The maximum Gasteiger partial charge on any atom is 0.282 e. The van der Waals surface area contributed by atoms with Gasteiger partial charge >= 0.3 is 0 Å². The molecule has 2 rings (SSSR count). The number of aliphatic hydroxyl groups is 1. The first-order valence-corrected chi connectivity index (χ1v) is 5.19. The Morgan fingerprint density at radius 1 is 1.69 bits per heavy atom. The summed E-state index contributed by atoms with van der Waals surface area (Å²) in [5, 5.41) is 13.1. The number of hydrogen-bond acceptors (Lipinski definition) is 3. The Morgan fingerprint density at radius 3 is 2.75 bits per heavy atom. The smallest absolute Gasteiger partial charge is 0.282 e. The van der Waals surface area contributed by atoms with E-state index in [0.29, 0.717) is 18.4 Å². The van der Waals surface area contributed by atoms with Gasteiger partial charge in [-0.05, 0) is 12.8 Å². The van der Waals surface area contributed by atoms with Crippen molar-refractivity contribution < 1.29 is 13.9 Å². The highest BCUT2D eigenvalue weighted by atomic mass is 19.3. The number of hydrogen-bond donors (Lipinski definition) is 2. The van der Waals surface area contributed by atoms with Crippen LogP contribution in [-0.4, -0.2) is 27.5 Å². The van der Waals surface area contributed by atoms with E-state index in [4.69, 9.17) is 5.73 Å². The van der Waals surface area contributed by atoms with E-state index in [-0.39, 0.29) is 12.2 Å². The van der Waals surface area contributed by atoms with Crippen molar-refractivity contribution in [3.63, 3.8) is 0 Å². The van der Waals surface area contributed by atoms with E-state index < -0.39 is 17.9 Å². The fourth-order valence-corrected chi connectivity index (χ4v) is 2.41. The first-order valence-electron chi connectivity index (χ1n) is 5.19. The van der Waals surface area contributed by atoms with E-state index in [0.717, 1.165) is 0 Å². The number of rotatable bonds is 3. The highest BCUT2D eigenvalue weighted by Gasteiger charge is 2.47. The molecule has 3 N–H and O–H groups in total. The number of aromatic nitrogens is 2. The zero-order valence-corrected chi connectivity index (χ0v) is 9.03. The van der Waals surface area contributed by atoms with Gasteiger partial charge in [-0.15, -0.1) is 0 Å². The number of aryl methyl sites for hydroxylation is 1. The normalized spacial score (nSPS) is 29.5. The third kappa shape index (κ3) is 1.62. The second-order valence-corrected chi connectivity index (χ2v) is 4.45. The second-order valence-electron chi connectivity index (χ2n) is 4.45. The Labute approximate surface area is 92.1 Å². The monoisotopic (exact) mass is 231 g/mol. The van der Waals surface area contributed by atoms with Crippen LogP contribution in [0.15, 0.2) is 6.20 Å². The second kappa shape index (κ2) is 3.78. The topological polar surface area (TPSA) is 64.1 Å². The molecule has 0 saturated heterocycles. The molecule has 1 aromatic heterocycles. The molecular formula is C10H15F2N3O. The maximum atomic E-state index is 12.8. The molecule has 1 aliphatic rings. The number of nitrogens with zero attached hydrogens (tertiary/aromatic N) is 2. The van der Waals surface area contributed by atoms with Crippen LogP contribution in [0.25, 0.3) is 0 Å². The molecule has 90 valence electrons. The minimum absolute atomic E-state index is 0.208. The van der Waals surface area contributed by atoms with Crippen molar-refractivity contribution in [3.05, 3.63) is 17.5 Å². The standard InChI is InChI=1S/C10H15F2N3O/c1-15-4-7(8(14-15)9(11)12)10(5-13)2-6(16)3-10/h4,6,9,16H,2-3,5,13H2,1H3.